The number of ether oxygens (including phenoxy) is 1. The van der Waals surface area contributed by atoms with Gasteiger partial charge in [-0.25, -0.2) is 9.59 Å². The molecule has 2 aromatic carbocycles. The number of carbonyl (C=O) groups excluding carboxylic acids is 2. The Bertz CT molecular complexity index is 1090. The van der Waals surface area contributed by atoms with Gasteiger partial charge in [-0.1, -0.05) is 48.5 Å². The van der Waals surface area contributed by atoms with E-state index in [-0.39, 0.29) is 18.9 Å². The summed E-state index contributed by atoms with van der Waals surface area (Å²) in [4.78, 5) is 38.5. The van der Waals surface area contributed by atoms with Gasteiger partial charge in [0.15, 0.2) is 0 Å². The first-order valence-corrected chi connectivity index (χ1v) is 11.1. The summed E-state index contributed by atoms with van der Waals surface area (Å²) in [6, 6.07) is 14.2. The second-order valence-electron chi connectivity index (χ2n) is 8.18. The summed E-state index contributed by atoms with van der Waals surface area (Å²) in [5, 5.41) is 12.0. The number of rotatable bonds is 6. The number of hydrogen-bond donors (Lipinski definition) is 2. The van der Waals surface area contributed by atoms with Crippen LogP contribution in [0.1, 0.15) is 43.2 Å². The van der Waals surface area contributed by atoms with Crippen LogP contribution in [0.25, 0.3) is 11.1 Å². The highest BCUT2D eigenvalue weighted by molar-refractivity contribution is 5.90. The van der Waals surface area contributed by atoms with Crippen molar-refractivity contribution in [1.29, 1.82) is 0 Å². The molecule has 1 fully saturated rings. The Balaban J connectivity index is 1.45. The molecule has 2 aromatic rings. The second kappa shape index (κ2) is 9.78. The van der Waals surface area contributed by atoms with Crippen molar-refractivity contribution in [2.45, 2.75) is 44.2 Å². The number of carboxylic acids is 1. The average Bonchev–Trinajstić information content (AvgIpc) is 3.43. The van der Waals surface area contributed by atoms with E-state index in [1.807, 2.05) is 36.4 Å². The summed E-state index contributed by atoms with van der Waals surface area (Å²) in [7, 11) is 0. The predicted molar refractivity (Wildman–Crippen MR) is 122 cm³/mol. The number of benzene rings is 2. The van der Waals surface area contributed by atoms with Crippen LogP contribution in [0.2, 0.25) is 0 Å². The van der Waals surface area contributed by atoms with Crippen molar-refractivity contribution in [3.63, 3.8) is 0 Å². The van der Waals surface area contributed by atoms with Gasteiger partial charge in [0.05, 0.1) is 0 Å². The quantitative estimate of drug-likeness (QED) is 0.664. The van der Waals surface area contributed by atoms with Crippen molar-refractivity contribution >= 4 is 18.0 Å². The highest BCUT2D eigenvalue weighted by Crippen LogP contribution is 2.44. The summed E-state index contributed by atoms with van der Waals surface area (Å²) in [6.45, 7) is 2.12. The molecule has 0 radical (unpaired) electrons. The zero-order chi connectivity index (χ0) is 23.4. The van der Waals surface area contributed by atoms with Gasteiger partial charge in [-0.15, -0.1) is 11.8 Å². The van der Waals surface area contributed by atoms with Gasteiger partial charge in [-0.05, 0) is 42.0 Å². The number of likely N-dealkylation sites (tertiary alicyclic amines) is 1. The summed E-state index contributed by atoms with van der Waals surface area (Å²) in [5.41, 5.74) is 4.44. The standard InChI is InChI=1S/C26H26N2O5/c1-2-3-13-22(24(29)28-15-8-14-23(28)25(30)31)27-26(32)33-16-21-19-11-6-4-9-17(19)18-10-5-7-12-20(18)21/h4-7,9-12,21-23H,8,13-16H2,1H3,(H,27,32)(H,30,31)/t22?,23-/m0/s1. The molecule has 1 aliphatic carbocycles. The van der Waals surface area contributed by atoms with Crippen LogP contribution in [0.5, 0.6) is 0 Å². The van der Waals surface area contributed by atoms with Crippen molar-refractivity contribution in [3.05, 3.63) is 59.7 Å². The number of aliphatic carboxylic acids is 1. The Hall–Kier alpha value is -3.79. The smallest absolute Gasteiger partial charge is 0.407 e. The molecule has 0 spiro atoms. The molecule has 0 saturated carbocycles. The molecule has 0 bridgehead atoms. The maximum atomic E-state index is 13.0. The lowest BCUT2D eigenvalue weighted by molar-refractivity contribution is -0.148. The summed E-state index contributed by atoms with van der Waals surface area (Å²) in [6.07, 6.45) is 0.375. The normalized spacial score (nSPS) is 17.4. The minimum absolute atomic E-state index is 0.0857. The van der Waals surface area contributed by atoms with E-state index in [0.717, 1.165) is 22.3 Å². The van der Waals surface area contributed by atoms with E-state index < -0.39 is 30.1 Å². The number of nitrogens with one attached hydrogen (secondary N) is 1. The van der Waals surface area contributed by atoms with Gasteiger partial charge in [0.25, 0.3) is 0 Å². The van der Waals surface area contributed by atoms with Gasteiger partial charge in [0.1, 0.15) is 18.7 Å². The third-order valence-corrected chi connectivity index (χ3v) is 6.24. The van der Waals surface area contributed by atoms with E-state index in [1.165, 1.54) is 4.90 Å². The fraction of sp³-hybridized carbons (Fsp3) is 0.346. The zero-order valence-electron chi connectivity index (χ0n) is 18.4. The number of amides is 2. The number of hydrogen-bond acceptors (Lipinski definition) is 4. The minimum Gasteiger partial charge on any atom is -0.480 e. The molecule has 7 nitrogen and oxygen atoms in total. The fourth-order valence-electron chi connectivity index (χ4n) is 4.67. The van der Waals surface area contributed by atoms with Crippen LogP contribution in [0.3, 0.4) is 0 Å². The fourth-order valence-corrected chi connectivity index (χ4v) is 4.67. The molecule has 170 valence electrons. The molecular formula is C26H26N2O5. The van der Waals surface area contributed by atoms with Crippen molar-refractivity contribution in [3.8, 4) is 23.0 Å². The van der Waals surface area contributed by atoms with Crippen molar-refractivity contribution in [2.24, 2.45) is 0 Å². The average molecular weight is 447 g/mol. The van der Waals surface area contributed by atoms with E-state index >= 15 is 0 Å². The van der Waals surface area contributed by atoms with Gasteiger partial charge in [-0.2, -0.15) is 0 Å². The molecule has 7 heteroatoms. The summed E-state index contributed by atoms with van der Waals surface area (Å²) >= 11 is 0. The highest BCUT2D eigenvalue weighted by Gasteiger charge is 2.38. The van der Waals surface area contributed by atoms with Crippen LogP contribution in [-0.2, 0) is 14.3 Å². The van der Waals surface area contributed by atoms with Crippen LogP contribution in [0.4, 0.5) is 4.79 Å². The van der Waals surface area contributed by atoms with Gasteiger partial charge in [0.2, 0.25) is 5.91 Å². The molecule has 1 saturated heterocycles. The van der Waals surface area contributed by atoms with E-state index in [2.05, 4.69) is 29.3 Å². The number of fused-ring (bicyclic) bond motifs is 3. The molecule has 2 amide bonds. The molecule has 2 N–H and O–H groups in total. The van der Waals surface area contributed by atoms with E-state index in [4.69, 9.17) is 4.74 Å². The van der Waals surface area contributed by atoms with Gasteiger partial charge >= 0.3 is 12.1 Å². The van der Waals surface area contributed by atoms with Crippen LogP contribution in [0.15, 0.2) is 48.5 Å². The Labute approximate surface area is 192 Å². The Morgan fingerprint density at radius 2 is 1.76 bits per heavy atom. The highest BCUT2D eigenvalue weighted by atomic mass is 16.5. The SMILES string of the molecule is CC#CCC(NC(=O)OCC1c2ccccc2-c2ccccc21)C(=O)N1CCC[C@H]1C(=O)O. The molecule has 2 aliphatic rings. The Kier molecular flexibility index (Phi) is 6.64. The maximum Gasteiger partial charge on any atom is 0.407 e. The number of nitrogens with zero attached hydrogens (tertiary/aromatic N) is 1. The third-order valence-electron chi connectivity index (χ3n) is 6.24. The monoisotopic (exact) mass is 446 g/mol. The summed E-state index contributed by atoms with van der Waals surface area (Å²) < 4.78 is 5.55. The predicted octanol–water partition coefficient (Wildman–Crippen LogP) is 3.38. The molecule has 1 aliphatic heterocycles. The van der Waals surface area contributed by atoms with Crippen LogP contribution < -0.4 is 5.32 Å². The molecular weight excluding hydrogens is 420 g/mol. The topological polar surface area (TPSA) is 95.9 Å². The number of carbonyl (C=O) groups is 3. The number of alkyl carbamates (subject to hydrolysis) is 1. The van der Waals surface area contributed by atoms with E-state index in [0.29, 0.717) is 19.4 Å². The Morgan fingerprint density at radius 3 is 2.36 bits per heavy atom. The number of carboxylic acid groups (broad SMARTS) is 1. The van der Waals surface area contributed by atoms with Gasteiger partial charge in [-0.3, -0.25) is 4.79 Å². The van der Waals surface area contributed by atoms with E-state index in [9.17, 15) is 19.5 Å². The lowest BCUT2D eigenvalue weighted by Gasteiger charge is -2.26. The van der Waals surface area contributed by atoms with Gasteiger partial charge in [0, 0.05) is 18.9 Å². The lowest BCUT2D eigenvalue weighted by Crippen LogP contribution is -2.51. The largest absolute Gasteiger partial charge is 0.480 e. The van der Waals surface area contributed by atoms with Crippen molar-refractivity contribution in [1.82, 2.24) is 10.2 Å². The molecule has 0 aromatic heterocycles. The lowest BCUT2D eigenvalue weighted by atomic mass is 9.98. The zero-order valence-corrected chi connectivity index (χ0v) is 18.4. The van der Waals surface area contributed by atoms with Crippen molar-refractivity contribution < 1.29 is 24.2 Å². The van der Waals surface area contributed by atoms with Crippen LogP contribution >= 0.6 is 0 Å². The second-order valence-corrected chi connectivity index (χ2v) is 8.18. The first-order valence-electron chi connectivity index (χ1n) is 11.1. The first-order chi connectivity index (χ1) is 16.0. The van der Waals surface area contributed by atoms with Gasteiger partial charge < -0.3 is 20.1 Å². The van der Waals surface area contributed by atoms with Crippen LogP contribution in [-0.4, -0.2) is 53.2 Å². The minimum atomic E-state index is -1.04. The molecule has 4 rings (SSSR count). The summed E-state index contributed by atoms with van der Waals surface area (Å²) in [5.74, 6) is 3.95. The first kappa shape index (κ1) is 22.4. The molecule has 1 heterocycles. The Morgan fingerprint density at radius 1 is 1.12 bits per heavy atom. The molecule has 2 atom stereocenters. The van der Waals surface area contributed by atoms with Crippen LogP contribution in [0, 0.1) is 11.8 Å². The molecule has 33 heavy (non-hydrogen) atoms. The van der Waals surface area contributed by atoms with Crippen molar-refractivity contribution in [2.75, 3.05) is 13.2 Å². The molecule has 1 unspecified atom stereocenters. The maximum absolute atomic E-state index is 13.0. The van der Waals surface area contributed by atoms with E-state index in [1.54, 1.807) is 6.92 Å². The third kappa shape index (κ3) is 4.56.